The van der Waals surface area contributed by atoms with Crippen LogP contribution in [0.25, 0.3) is 0 Å². The lowest BCUT2D eigenvalue weighted by Gasteiger charge is -2.27. The zero-order valence-electron chi connectivity index (χ0n) is 22.0. The highest BCUT2D eigenvalue weighted by Gasteiger charge is 2.23. The Morgan fingerprint density at radius 2 is 1.56 bits per heavy atom. The Morgan fingerprint density at radius 3 is 2.19 bits per heavy atom. The Labute approximate surface area is 212 Å². The summed E-state index contributed by atoms with van der Waals surface area (Å²) in [5.41, 5.74) is 0.307. The highest BCUT2D eigenvalue weighted by atomic mass is 16.6. The van der Waals surface area contributed by atoms with Gasteiger partial charge in [-0.2, -0.15) is 0 Å². The zero-order valence-corrected chi connectivity index (χ0v) is 22.0. The third-order valence-electron chi connectivity index (χ3n) is 4.49. The van der Waals surface area contributed by atoms with Crippen molar-refractivity contribution in [1.82, 2.24) is 25.5 Å². The molecule has 2 rings (SSSR count). The van der Waals surface area contributed by atoms with Gasteiger partial charge in [-0.15, -0.1) is 0 Å². The first-order valence-electron chi connectivity index (χ1n) is 11.9. The van der Waals surface area contributed by atoms with Crippen molar-refractivity contribution in [2.24, 2.45) is 0 Å². The third kappa shape index (κ3) is 11.2. The van der Waals surface area contributed by atoms with E-state index in [2.05, 4.69) is 20.6 Å². The average molecular weight is 500 g/mol. The predicted octanol–water partition coefficient (Wildman–Crippen LogP) is 3.71. The number of rotatable bonds is 9. The first-order valence-corrected chi connectivity index (χ1v) is 11.9. The van der Waals surface area contributed by atoms with Crippen LogP contribution >= 0.6 is 0 Å². The molecule has 2 aromatic rings. The van der Waals surface area contributed by atoms with Crippen molar-refractivity contribution in [3.8, 4) is 0 Å². The van der Waals surface area contributed by atoms with Crippen LogP contribution < -0.4 is 10.6 Å². The zero-order chi connectivity index (χ0) is 26.8. The molecule has 0 saturated carbocycles. The topological polar surface area (TPSA) is 123 Å². The molecule has 0 fully saturated rings. The van der Waals surface area contributed by atoms with Crippen molar-refractivity contribution < 1.29 is 23.9 Å². The number of carbonyl (C=O) groups is 3. The van der Waals surface area contributed by atoms with Crippen LogP contribution in [0.3, 0.4) is 0 Å². The molecule has 0 unspecified atom stereocenters. The number of nitrogens with zero attached hydrogens (tertiary/aromatic N) is 3. The third-order valence-corrected chi connectivity index (χ3v) is 4.49. The summed E-state index contributed by atoms with van der Waals surface area (Å²) < 4.78 is 10.7. The average Bonchev–Trinajstić information content (AvgIpc) is 2.77. The standard InChI is InChI=1S/C26H37N5O5/c1-25(2,3)35-23(33)29-16-17-31(24(34)36-26(4,5)6)18-20-11-9-12-21(30-20)22(32)28-15-13-19-10-7-8-14-27-19/h7-12,14H,13,15-18H2,1-6H3,(H,28,32)(H,29,33). The van der Waals surface area contributed by atoms with Crippen LogP contribution in [0.1, 0.15) is 63.4 Å². The summed E-state index contributed by atoms with van der Waals surface area (Å²) in [4.78, 5) is 47.5. The largest absolute Gasteiger partial charge is 0.444 e. The van der Waals surface area contributed by atoms with E-state index in [1.807, 2.05) is 18.2 Å². The number of amides is 3. The van der Waals surface area contributed by atoms with Gasteiger partial charge in [0, 0.05) is 37.9 Å². The molecule has 2 N–H and O–H groups in total. The van der Waals surface area contributed by atoms with E-state index < -0.39 is 23.4 Å². The number of hydrogen-bond acceptors (Lipinski definition) is 7. The van der Waals surface area contributed by atoms with E-state index in [1.165, 1.54) is 4.90 Å². The quantitative estimate of drug-likeness (QED) is 0.539. The minimum Gasteiger partial charge on any atom is -0.444 e. The fourth-order valence-electron chi connectivity index (χ4n) is 3.00. The molecule has 0 atom stereocenters. The number of nitrogens with one attached hydrogen (secondary N) is 2. The van der Waals surface area contributed by atoms with Gasteiger partial charge in [-0.25, -0.2) is 14.6 Å². The normalized spacial score (nSPS) is 11.4. The van der Waals surface area contributed by atoms with Gasteiger partial charge < -0.3 is 25.0 Å². The predicted molar refractivity (Wildman–Crippen MR) is 135 cm³/mol. The second kappa shape index (κ2) is 12.9. The van der Waals surface area contributed by atoms with Crippen LogP contribution in [0.15, 0.2) is 42.6 Å². The second-order valence-corrected chi connectivity index (χ2v) is 10.2. The van der Waals surface area contributed by atoms with Crippen molar-refractivity contribution >= 4 is 18.1 Å². The van der Waals surface area contributed by atoms with Crippen LogP contribution in [0.4, 0.5) is 9.59 Å². The molecule has 0 saturated heterocycles. The molecule has 0 bridgehead atoms. The lowest BCUT2D eigenvalue weighted by molar-refractivity contribution is 0.0222. The fourth-order valence-corrected chi connectivity index (χ4v) is 3.00. The molecule has 2 heterocycles. The van der Waals surface area contributed by atoms with Gasteiger partial charge in [0.15, 0.2) is 0 Å². The molecule has 0 aliphatic rings. The molecule has 0 spiro atoms. The van der Waals surface area contributed by atoms with Crippen LogP contribution in [0.5, 0.6) is 0 Å². The molecule has 0 radical (unpaired) electrons. The van der Waals surface area contributed by atoms with Gasteiger partial charge in [0.2, 0.25) is 0 Å². The molecular weight excluding hydrogens is 462 g/mol. The summed E-state index contributed by atoms with van der Waals surface area (Å²) in [5.74, 6) is -0.316. The van der Waals surface area contributed by atoms with E-state index in [-0.39, 0.29) is 31.2 Å². The van der Waals surface area contributed by atoms with Gasteiger partial charge in [-0.05, 0) is 65.8 Å². The van der Waals surface area contributed by atoms with Crippen LogP contribution in [-0.4, -0.2) is 63.8 Å². The molecule has 0 aliphatic carbocycles. The van der Waals surface area contributed by atoms with Gasteiger partial charge in [-0.1, -0.05) is 12.1 Å². The van der Waals surface area contributed by atoms with Crippen molar-refractivity contribution in [3.05, 3.63) is 59.7 Å². The number of pyridine rings is 2. The highest BCUT2D eigenvalue weighted by molar-refractivity contribution is 5.92. The van der Waals surface area contributed by atoms with Crippen molar-refractivity contribution in [3.63, 3.8) is 0 Å². The van der Waals surface area contributed by atoms with E-state index in [9.17, 15) is 14.4 Å². The summed E-state index contributed by atoms with van der Waals surface area (Å²) in [6, 6.07) is 10.7. The molecule has 196 valence electrons. The molecule has 2 aromatic heterocycles. The Balaban J connectivity index is 2.01. The molecule has 10 nitrogen and oxygen atoms in total. The van der Waals surface area contributed by atoms with Crippen LogP contribution in [0, 0.1) is 0 Å². The smallest absolute Gasteiger partial charge is 0.410 e. The van der Waals surface area contributed by atoms with Crippen LogP contribution in [-0.2, 0) is 22.4 Å². The summed E-state index contributed by atoms with van der Waals surface area (Å²) in [6.07, 6.45) is 1.18. The van der Waals surface area contributed by atoms with Gasteiger partial charge in [0.25, 0.3) is 5.91 Å². The molecule has 0 aromatic carbocycles. The number of ether oxygens (including phenoxy) is 2. The minimum atomic E-state index is -0.698. The monoisotopic (exact) mass is 499 g/mol. The fraction of sp³-hybridized carbons (Fsp3) is 0.500. The van der Waals surface area contributed by atoms with Crippen molar-refractivity contribution in [1.29, 1.82) is 0 Å². The maximum atomic E-state index is 12.8. The van der Waals surface area contributed by atoms with E-state index in [0.29, 0.717) is 18.7 Å². The van der Waals surface area contributed by atoms with Gasteiger partial charge in [0.1, 0.15) is 16.9 Å². The molecule has 36 heavy (non-hydrogen) atoms. The number of hydrogen-bond donors (Lipinski definition) is 2. The summed E-state index contributed by atoms with van der Waals surface area (Å²) >= 11 is 0. The van der Waals surface area contributed by atoms with Crippen molar-refractivity contribution in [2.45, 2.75) is 65.7 Å². The van der Waals surface area contributed by atoms with Gasteiger partial charge >= 0.3 is 12.2 Å². The number of alkyl carbamates (subject to hydrolysis) is 1. The summed E-state index contributed by atoms with van der Waals surface area (Å²) in [7, 11) is 0. The highest BCUT2D eigenvalue weighted by Crippen LogP contribution is 2.13. The first-order chi connectivity index (χ1) is 16.8. The van der Waals surface area contributed by atoms with E-state index in [1.54, 1.807) is 65.9 Å². The summed E-state index contributed by atoms with van der Waals surface area (Å²) in [5, 5.41) is 5.48. The molecule has 0 aliphatic heterocycles. The Bertz CT molecular complexity index is 1020. The lowest BCUT2D eigenvalue weighted by Crippen LogP contribution is -2.42. The molecule has 10 heteroatoms. The Morgan fingerprint density at radius 1 is 0.861 bits per heavy atom. The molecular formula is C26H37N5O5. The SMILES string of the molecule is CC(C)(C)OC(=O)NCCN(Cc1cccc(C(=O)NCCc2ccccn2)n1)C(=O)OC(C)(C)C. The number of aromatic nitrogens is 2. The van der Waals surface area contributed by atoms with Crippen LogP contribution in [0.2, 0.25) is 0 Å². The van der Waals surface area contributed by atoms with E-state index in [4.69, 9.17) is 9.47 Å². The first kappa shape index (κ1) is 28.5. The Hall–Kier alpha value is -3.69. The maximum absolute atomic E-state index is 12.8. The Kier molecular flexibility index (Phi) is 10.2. The van der Waals surface area contributed by atoms with Crippen molar-refractivity contribution in [2.75, 3.05) is 19.6 Å². The van der Waals surface area contributed by atoms with E-state index >= 15 is 0 Å². The van der Waals surface area contributed by atoms with Gasteiger partial charge in [-0.3, -0.25) is 9.78 Å². The second-order valence-electron chi connectivity index (χ2n) is 10.2. The lowest BCUT2D eigenvalue weighted by atomic mass is 10.2. The minimum absolute atomic E-state index is 0.0972. The number of carbonyl (C=O) groups excluding carboxylic acids is 3. The summed E-state index contributed by atoms with van der Waals surface area (Å²) in [6.45, 7) is 11.5. The van der Waals surface area contributed by atoms with E-state index in [0.717, 1.165) is 5.69 Å². The van der Waals surface area contributed by atoms with Gasteiger partial charge in [0.05, 0.1) is 12.2 Å². The molecule has 3 amide bonds. The maximum Gasteiger partial charge on any atom is 0.410 e.